The van der Waals surface area contributed by atoms with Gasteiger partial charge >= 0.3 is 0 Å². The van der Waals surface area contributed by atoms with Gasteiger partial charge in [0.05, 0.1) is 0 Å². The average molecular weight is 332 g/mol. The molecule has 2 aromatic carbocycles. The van der Waals surface area contributed by atoms with Crippen LogP contribution in [0, 0.1) is 6.92 Å². The minimum atomic E-state index is 0.0714. The van der Waals surface area contributed by atoms with E-state index >= 15 is 0 Å². The van der Waals surface area contributed by atoms with Gasteiger partial charge in [-0.25, -0.2) is 0 Å². The van der Waals surface area contributed by atoms with Crippen molar-refractivity contribution in [2.24, 2.45) is 0 Å². The van der Waals surface area contributed by atoms with Crippen LogP contribution in [0.2, 0.25) is 0 Å². The van der Waals surface area contributed by atoms with E-state index in [1.807, 2.05) is 43.3 Å². The number of amides is 1. The molecule has 0 aliphatic rings. The van der Waals surface area contributed by atoms with Crippen LogP contribution < -0.4 is 5.32 Å². The monoisotopic (exact) mass is 331 g/mol. The van der Waals surface area contributed by atoms with Crippen molar-refractivity contribution in [1.29, 1.82) is 0 Å². The fourth-order valence-electron chi connectivity index (χ4n) is 2.04. The zero-order valence-electron chi connectivity index (χ0n) is 11.5. The number of carbonyl (C=O) groups excluding carboxylic acids is 1. The van der Waals surface area contributed by atoms with Crippen molar-refractivity contribution < 1.29 is 4.79 Å². The first-order valence-electron chi connectivity index (χ1n) is 6.75. The predicted octanol–water partition coefficient (Wildman–Crippen LogP) is 4.72. The number of hydrogen-bond acceptors (Lipinski definition) is 1. The molecule has 1 N–H and O–H groups in total. The van der Waals surface area contributed by atoms with Crippen LogP contribution in [0.1, 0.15) is 24.0 Å². The fraction of sp³-hybridized carbons (Fsp3) is 0.235. The number of benzene rings is 2. The zero-order chi connectivity index (χ0) is 14.4. The zero-order valence-corrected chi connectivity index (χ0v) is 13.1. The van der Waals surface area contributed by atoms with E-state index in [9.17, 15) is 4.79 Å². The summed E-state index contributed by atoms with van der Waals surface area (Å²) in [7, 11) is 0. The SMILES string of the molecule is Cc1ccc(Br)cc1NC(=O)CCCc1ccccc1. The van der Waals surface area contributed by atoms with E-state index in [0.717, 1.165) is 28.6 Å². The van der Waals surface area contributed by atoms with Gasteiger partial charge < -0.3 is 5.32 Å². The number of hydrogen-bond donors (Lipinski definition) is 1. The molecule has 2 rings (SSSR count). The fourth-order valence-corrected chi connectivity index (χ4v) is 2.40. The summed E-state index contributed by atoms with van der Waals surface area (Å²) >= 11 is 3.42. The Hall–Kier alpha value is -1.61. The highest BCUT2D eigenvalue weighted by Crippen LogP contribution is 2.20. The maximum absolute atomic E-state index is 11.9. The smallest absolute Gasteiger partial charge is 0.224 e. The summed E-state index contributed by atoms with van der Waals surface area (Å²) in [5.74, 6) is 0.0714. The minimum Gasteiger partial charge on any atom is -0.326 e. The van der Waals surface area contributed by atoms with Crippen LogP contribution in [0.15, 0.2) is 53.0 Å². The Morgan fingerprint density at radius 2 is 1.90 bits per heavy atom. The van der Waals surface area contributed by atoms with E-state index in [-0.39, 0.29) is 5.91 Å². The van der Waals surface area contributed by atoms with Crippen molar-refractivity contribution in [2.45, 2.75) is 26.2 Å². The minimum absolute atomic E-state index is 0.0714. The van der Waals surface area contributed by atoms with Crippen molar-refractivity contribution in [3.05, 3.63) is 64.1 Å². The molecule has 0 aliphatic carbocycles. The molecule has 0 atom stereocenters. The van der Waals surface area contributed by atoms with Crippen LogP contribution in [0.4, 0.5) is 5.69 Å². The topological polar surface area (TPSA) is 29.1 Å². The van der Waals surface area contributed by atoms with Crippen molar-refractivity contribution in [3.63, 3.8) is 0 Å². The maximum Gasteiger partial charge on any atom is 0.224 e. The van der Waals surface area contributed by atoms with Gasteiger partial charge in [-0.05, 0) is 43.0 Å². The second-order valence-corrected chi connectivity index (χ2v) is 5.76. The molecule has 0 aliphatic heterocycles. The number of aryl methyl sites for hydroxylation is 2. The molecule has 0 spiro atoms. The molecule has 0 aromatic heterocycles. The van der Waals surface area contributed by atoms with E-state index in [2.05, 4.69) is 33.4 Å². The van der Waals surface area contributed by atoms with Gasteiger partial charge in [-0.3, -0.25) is 4.79 Å². The van der Waals surface area contributed by atoms with E-state index in [0.29, 0.717) is 6.42 Å². The van der Waals surface area contributed by atoms with Gasteiger partial charge in [0.15, 0.2) is 0 Å². The summed E-state index contributed by atoms with van der Waals surface area (Å²) < 4.78 is 0.975. The number of rotatable bonds is 5. The third kappa shape index (κ3) is 4.49. The molecule has 104 valence electrons. The maximum atomic E-state index is 11.9. The van der Waals surface area contributed by atoms with Gasteiger partial charge in [0.1, 0.15) is 0 Å². The molecule has 0 bridgehead atoms. The molecule has 0 saturated heterocycles. The largest absolute Gasteiger partial charge is 0.326 e. The first-order valence-corrected chi connectivity index (χ1v) is 7.54. The number of carbonyl (C=O) groups is 1. The van der Waals surface area contributed by atoms with Crippen LogP contribution in [0.25, 0.3) is 0 Å². The molecular formula is C17H18BrNO. The molecule has 3 heteroatoms. The lowest BCUT2D eigenvalue weighted by atomic mass is 10.1. The highest BCUT2D eigenvalue weighted by Gasteiger charge is 2.05. The summed E-state index contributed by atoms with van der Waals surface area (Å²) in [6, 6.07) is 16.1. The van der Waals surface area contributed by atoms with Crippen LogP contribution in [0.5, 0.6) is 0 Å². The van der Waals surface area contributed by atoms with E-state index in [1.165, 1.54) is 5.56 Å². The quantitative estimate of drug-likeness (QED) is 0.843. The molecule has 20 heavy (non-hydrogen) atoms. The second kappa shape index (κ2) is 7.25. The Morgan fingerprint density at radius 3 is 2.65 bits per heavy atom. The standard InChI is InChI=1S/C17H18BrNO/c1-13-10-11-15(18)12-16(13)19-17(20)9-5-8-14-6-3-2-4-7-14/h2-4,6-7,10-12H,5,8-9H2,1H3,(H,19,20). The van der Waals surface area contributed by atoms with E-state index < -0.39 is 0 Å². The van der Waals surface area contributed by atoms with Crippen molar-refractivity contribution in [2.75, 3.05) is 5.32 Å². The molecule has 2 nitrogen and oxygen atoms in total. The number of anilines is 1. The third-order valence-electron chi connectivity index (χ3n) is 3.19. The molecular weight excluding hydrogens is 314 g/mol. The van der Waals surface area contributed by atoms with Gasteiger partial charge in [-0.1, -0.05) is 52.3 Å². The Morgan fingerprint density at radius 1 is 1.15 bits per heavy atom. The molecule has 0 fully saturated rings. The Kier molecular flexibility index (Phi) is 5.36. The lowest BCUT2D eigenvalue weighted by Crippen LogP contribution is -2.12. The first-order chi connectivity index (χ1) is 9.65. The highest BCUT2D eigenvalue weighted by atomic mass is 79.9. The summed E-state index contributed by atoms with van der Waals surface area (Å²) in [5.41, 5.74) is 3.23. The van der Waals surface area contributed by atoms with Crippen molar-refractivity contribution >= 4 is 27.5 Å². The summed E-state index contributed by atoms with van der Waals surface area (Å²) in [6.45, 7) is 1.99. The van der Waals surface area contributed by atoms with Gasteiger partial charge in [0.25, 0.3) is 0 Å². The molecule has 0 radical (unpaired) electrons. The summed E-state index contributed by atoms with van der Waals surface area (Å²) in [5, 5.41) is 2.97. The van der Waals surface area contributed by atoms with Crippen molar-refractivity contribution in [3.8, 4) is 0 Å². The van der Waals surface area contributed by atoms with E-state index in [1.54, 1.807) is 0 Å². The molecule has 2 aromatic rings. The predicted molar refractivity (Wildman–Crippen MR) is 86.9 cm³/mol. The van der Waals surface area contributed by atoms with Crippen LogP contribution in [-0.4, -0.2) is 5.91 Å². The van der Waals surface area contributed by atoms with Crippen LogP contribution in [0.3, 0.4) is 0 Å². The number of nitrogens with one attached hydrogen (secondary N) is 1. The Balaban J connectivity index is 1.82. The number of halogens is 1. The lowest BCUT2D eigenvalue weighted by Gasteiger charge is -2.09. The van der Waals surface area contributed by atoms with Gasteiger partial charge in [0.2, 0.25) is 5.91 Å². The normalized spacial score (nSPS) is 10.3. The summed E-state index contributed by atoms with van der Waals surface area (Å²) in [6.07, 6.45) is 2.34. The Bertz CT molecular complexity index is 581. The van der Waals surface area contributed by atoms with Gasteiger partial charge in [0, 0.05) is 16.6 Å². The van der Waals surface area contributed by atoms with E-state index in [4.69, 9.17) is 0 Å². The third-order valence-corrected chi connectivity index (χ3v) is 3.68. The van der Waals surface area contributed by atoms with Gasteiger partial charge in [-0.2, -0.15) is 0 Å². The Labute approximate surface area is 128 Å². The van der Waals surface area contributed by atoms with Crippen LogP contribution in [-0.2, 0) is 11.2 Å². The summed E-state index contributed by atoms with van der Waals surface area (Å²) in [4.78, 5) is 11.9. The lowest BCUT2D eigenvalue weighted by molar-refractivity contribution is -0.116. The molecule has 1 amide bonds. The second-order valence-electron chi connectivity index (χ2n) is 4.85. The van der Waals surface area contributed by atoms with Gasteiger partial charge in [-0.15, -0.1) is 0 Å². The first kappa shape index (κ1) is 14.8. The average Bonchev–Trinajstić information content (AvgIpc) is 2.44. The molecule has 0 heterocycles. The molecule has 0 saturated carbocycles. The highest BCUT2D eigenvalue weighted by molar-refractivity contribution is 9.10. The van der Waals surface area contributed by atoms with Crippen molar-refractivity contribution in [1.82, 2.24) is 0 Å². The van der Waals surface area contributed by atoms with Crippen LogP contribution >= 0.6 is 15.9 Å². The molecule has 0 unspecified atom stereocenters.